The summed E-state index contributed by atoms with van der Waals surface area (Å²) in [6.07, 6.45) is 2.49. The molecule has 0 fully saturated rings. The normalized spacial score (nSPS) is 10.9. The number of rotatable bonds is 11. The molecule has 0 aliphatic heterocycles. The first-order valence-electron chi connectivity index (χ1n) is 9.11. The van der Waals surface area contributed by atoms with Crippen LogP contribution in [0.3, 0.4) is 0 Å². The summed E-state index contributed by atoms with van der Waals surface area (Å²) in [5, 5.41) is 6.44. The standard InChI is InChI=1S/C20H27FN4O3.HI/c1-22-20(24-10-5-11-27-13-12-26-2)25-15-16-6-4-9-23-19(16)28-18-8-3-7-17(21)14-18;/h3-4,6-9,14H,5,10-13,15H2,1-2H3,(H2,22,24,25);1H. The maximum absolute atomic E-state index is 13.4. The summed E-state index contributed by atoms with van der Waals surface area (Å²) in [7, 11) is 3.36. The minimum absolute atomic E-state index is 0. The first kappa shape index (κ1) is 25.1. The van der Waals surface area contributed by atoms with Gasteiger partial charge in [0.1, 0.15) is 11.6 Å². The molecule has 2 rings (SSSR count). The van der Waals surface area contributed by atoms with Gasteiger partial charge in [0, 0.05) is 51.7 Å². The van der Waals surface area contributed by atoms with E-state index in [2.05, 4.69) is 20.6 Å². The van der Waals surface area contributed by atoms with Gasteiger partial charge in [0.05, 0.1) is 13.2 Å². The van der Waals surface area contributed by atoms with Crippen molar-refractivity contribution in [3.8, 4) is 11.6 Å². The quantitative estimate of drug-likeness (QED) is 0.206. The average Bonchev–Trinajstić information content (AvgIpc) is 2.70. The molecule has 2 N–H and O–H groups in total. The highest BCUT2D eigenvalue weighted by Crippen LogP contribution is 2.23. The molecule has 1 aromatic carbocycles. The van der Waals surface area contributed by atoms with Gasteiger partial charge in [0.2, 0.25) is 5.88 Å². The van der Waals surface area contributed by atoms with Gasteiger partial charge in [-0.2, -0.15) is 0 Å². The SMILES string of the molecule is CN=C(NCCCOCCOC)NCc1cccnc1Oc1cccc(F)c1.I. The third kappa shape index (κ3) is 9.86. The van der Waals surface area contributed by atoms with Crippen molar-refractivity contribution in [2.24, 2.45) is 4.99 Å². The average molecular weight is 518 g/mol. The van der Waals surface area contributed by atoms with Crippen LogP contribution >= 0.6 is 24.0 Å². The van der Waals surface area contributed by atoms with Crippen molar-refractivity contribution in [3.63, 3.8) is 0 Å². The molecule has 2 aromatic rings. The van der Waals surface area contributed by atoms with Gasteiger partial charge in [-0.15, -0.1) is 24.0 Å². The van der Waals surface area contributed by atoms with E-state index in [9.17, 15) is 4.39 Å². The van der Waals surface area contributed by atoms with E-state index in [0.29, 0.717) is 44.0 Å². The number of hydrogen-bond acceptors (Lipinski definition) is 5. The summed E-state index contributed by atoms with van der Waals surface area (Å²) in [6.45, 7) is 3.04. The van der Waals surface area contributed by atoms with Crippen LogP contribution in [0, 0.1) is 5.82 Å². The molecule has 0 radical (unpaired) electrons. The third-order valence-corrected chi connectivity index (χ3v) is 3.72. The summed E-state index contributed by atoms with van der Waals surface area (Å²) in [5.41, 5.74) is 0.831. The van der Waals surface area contributed by atoms with E-state index in [0.717, 1.165) is 18.5 Å². The molecule has 0 saturated heterocycles. The lowest BCUT2D eigenvalue weighted by Gasteiger charge is -2.14. The predicted molar refractivity (Wildman–Crippen MR) is 122 cm³/mol. The second kappa shape index (κ2) is 14.9. The van der Waals surface area contributed by atoms with Gasteiger partial charge in [-0.05, 0) is 24.6 Å². The molecule has 0 spiro atoms. The van der Waals surface area contributed by atoms with Crippen molar-refractivity contribution in [2.75, 3.05) is 40.5 Å². The lowest BCUT2D eigenvalue weighted by atomic mass is 10.2. The molecular weight excluding hydrogens is 490 g/mol. The van der Waals surface area contributed by atoms with E-state index in [4.69, 9.17) is 14.2 Å². The highest BCUT2D eigenvalue weighted by molar-refractivity contribution is 14.0. The molecule has 1 aromatic heterocycles. The number of aliphatic imine (C=N–C) groups is 1. The highest BCUT2D eigenvalue weighted by atomic mass is 127. The molecular formula is C20H28FIN4O3. The number of pyridine rings is 1. The van der Waals surface area contributed by atoms with Crippen molar-refractivity contribution in [1.82, 2.24) is 15.6 Å². The van der Waals surface area contributed by atoms with Gasteiger partial charge < -0.3 is 24.8 Å². The van der Waals surface area contributed by atoms with Gasteiger partial charge in [-0.25, -0.2) is 9.37 Å². The first-order valence-corrected chi connectivity index (χ1v) is 9.11. The van der Waals surface area contributed by atoms with Crippen LogP contribution in [0.2, 0.25) is 0 Å². The summed E-state index contributed by atoms with van der Waals surface area (Å²) in [5.74, 6) is 1.12. The third-order valence-electron chi connectivity index (χ3n) is 3.72. The Hall–Kier alpha value is -1.98. The summed E-state index contributed by atoms with van der Waals surface area (Å²) >= 11 is 0. The Labute approximate surface area is 188 Å². The molecule has 0 aliphatic rings. The van der Waals surface area contributed by atoms with Crippen LogP contribution < -0.4 is 15.4 Å². The largest absolute Gasteiger partial charge is 0.439 e. The number of halogens is 2. The van der Waals surface area contributed by atoms with E-state index in [1.807, 2.05) is 12.1 Å². The van der Waals surface area contributed by atoms with Gasteiger partial charge in [0.15, 0.2) is 5.96 Å². The van der Waals surface area contributed by atoms with Crippen molar-refractivity contribution in [1.29, 1.82) is 0 Å². The number of nitrogens with zero attached hydrogens (tertiary/aromatic N) is 2. The lowest BCUT2D eigenvalue weighted by Crippen LogP contribution is -2.37. The maximum atomic E-state index is 13.4. The number of nitrogens with one attached hydrogen (secondary N) is 2. The molecule has 0 atom stereocenters. The van der Waals surface area contributed by atoms with Gasteiger partial charge in [-0.3, -0.25) is 4.99 Å². The number of hydrogen-bond donors (Lipinski definition) is 2. The number of ether oxygens (including phenoxy) is 3. The zero-order valence-corrected chi connectivity index (χ0v) is 19.0. The topological polar surface area (TPSA) is 77.0 Å². The monoisotopic (exact) mass is 518 g/mol. The molecule has 0 saturated carbocycles. The van der Waals surface area contributed by atoms with Crippen molar-refractivity contribution in [2.45, 2.75) is 13.0 Å². The highest BCUT2D eigenvalue weighted by Gasteiger charge is 2.08. The number of methoxy groups -OCH3 is 1. The van der Waals surface area contributed by atoms with Crippen LogP contribution in [-0.2, 0) is 16.0 Å². The van der Waals surface area contributed by atoms with E-state index in [-0.39, 0.29) is 29.8 Å². The van der Waals surface area contributed by atoms with Gasteiger partial charge in [-0.1, -0.05) is 12.1 Å². The molecule has 0 unspecified atom stereocenters. The van der Waals surface area contributed by atoms with Crippen LogP contribution in [0.15, 0.2) is 47.6 Å². The van der Waals surface area contributed by atoms with E-state index in [1.54, 1.807) is 32.5 Å². The fraction of sp³-hybridized carbons (Fsp3) is 0.400. The van der Waals surface area contributed by atoms with E-state index >= 15 is 0 Å². The minimum Gasteiger partial charge on any atom is -0.439 e. The Morgan fingerprint density at radius 2 is 2.00 bits per heavy atom. The molecule has 0 bridgehead atoms. The van der Waals surface area contributed by atoms with Crippen molar-refractivity contribution < 1.29 is 18.6 Å². The first-order chi connectivity index (χ1) is 13.7. The Bertz CT molecular complexity index is 749. The Balaban J connectivity index is 0.00000420. The smallest absolute Gasteiger partial charge is 0.224 e. The second-order valence-corrected chi connectivity index (χ2v) is 5.84. The van der Waals surface area contributed by atoms with Crippen LogP contribution in [0.4, 0.5) is 4.39 Å². The number of benzene rings is 1. The Morgan fingerprint density at radius 1 is 1.14 bits per heavy atom. The molecule has 7 nitrogen and oxygen atoms in total. The van der Waals surface area contributed by atoms with Crippen molar-refractivity contribution >= 4 is 29.9 Å². The Kier molecular flexibility index (Phi) is 12.9. The van der Waals surface area contributed by atoms with Crippen LogP contribution in [0.1, 0.15) is 12.0 Å². The minimum atomic E-state index is -0.357. The zero-order valence-electron chi connectivity index (χ0n) is 16.7. The van der Waals surface area contributed by atoms with E-state index < -0.39 is 0 Å². The molecule has 160 valence electrons. The number of aromatic nitrogens is 1. The molecule has 29 heavy (non-hydrogen) atoms. The second-order valence-electron chi connectivity index (χ2n) is 5.84. The van der Waals surface area contributed by atoms with E-state index in [1.165, 1.54) is 12.1 Å². The predicted octanol–water partition coefficient (Wildman–Crippen LogP) is 3.35. The summed E-state index contributed by atoms with van der Waals surface area (Å²) < 4.78 is 29.4. The molecule has 9 heteroatoms. The van der Waals surface area contributed by atoms with Gasteiger partial charge >= 0.3 is 0 Å². The zero-order chi connectivity index (χ0) is 20.0. The fourth-order valence-corrected chi connectivity index (χ4v) is 2.32. The Morgan fingerprint density at radius 3 is 2.76 bits per heavy atom. The molecule has 0 amide bonds. The van der Waals surface area contributed by atoms with Crippen LogP contribution in [0.25, 0.3) is 0 Å². The van der Waals surface area contributed by atoms with Crippen LogP contribution in [-0.4, -0.2) is 51.5 Å². The van der Waals surface area contributed by atoms with Crippen LogP contribution in [0.5, 0.6) is 11.6 Å². The van der Waals surface area contributed by atoms with Crippen molar-refractivity contribution in [3.05, 3.63) is 54.0 Å². The summed E-state index contributed by atoms with van der Waals surface area (Å²) in [4.78, 5) is 8.45. The number of guanidine groups is 1. The lowest BCUT2D eigenvalue weighted by molar-refractivity contribution is 0.0698. The summed E-state index contributed by atoms with van der Waals surface area (Å²) in [6, 6.07) is 9.68. The maximum Gasteiger partial charge on any atom is 0.224 e. The fourth-order valence-electron chi connectivity index (χ4n) is 2.32. The molecule has 0 aliphatic carbocycles. The van der Waals surface area contributed by atoms with Gasteiger partial charge in [0.25, 0.3) is 0 Å². The molecule has 1 heterocycles.